The van der Waals surface area contributed by atoms with Gasteiger partial charge in [-0.15, -0.1) is 0 Å². The van der Waals surface area contributed by atoms with E-state index in [9.17, 15) is 49.8 Å². The fourth-order valence-electron chi connectivity index (χ4n) is 10.1. The van der Waals surface area contributed by atoms with E-state index in [1.165, 1.54) is 16.7 Å². The Labute approximate surface area is 367 Å². The van der Waals surface area contributed by atoms with Crippen molar-refractivity contribution in [2.24, 2.45) is 21.7 Å². The summed E-state index contributed by atoms with van der Waals surface area (Å²) in [4.78, 5) is 47.0. The number of benzene rings is 2. The van der Waals surface area contributed by atoms with Gasteiger partial charge in [0, 0.05) is 5.56 Å². The van der Waals surface area contributed by atoms with Gasteiger partial charge in [-0.3, -0.25) is 19.2 Å². The average Bonchev–Trinajstić information content (AvgIpc) is 4.04. The van der Waals surface area contributed by atoms with E-state index in [1.807, 2.05) is 0 Å². The molecule has 0 aliphatic heterocycles. The highest BCUT2D eigenvalue weighted by atomic mass is 16.5. The van der Waals surface area contributed by atoms with Crippen LogP contribution in [0.5, 0.6) is 17.2 Å². The third kappa shape index (κ3) is 11.4. The van der Waals surface area contributed by atoms with Gasteiger partial charge in [-0.05, 0) is 182 Å². The predicted octanol–water partition coefficient (Wildman–Crippen LogP) is 11.2. The van der Waals surface area contributed by atoms with Crippen LogP contribution in [0.3, 0.4) is 0 Å². The molecule has 2 aromatic carbocycles. The van der Waals surface area contributed by atoms with Crippen molar-refractivity contribution < 1.29 is 54.6 Å². The number of aliphatic carboxylic acids is 4. The molecule has 11 nitrogen and oxygen atoms in total. The summed E-state index contributed by atoms with van der Waals surface area (Å²) >= 11 is 0. The Morgan fingerprint density at radius 2 is 0.823 bits per heavy atom. The summed E-state index contributed by atoms with van der Waals surface area (Å²) in [5, 5.41) is 60.9. The molecule has 0 radical (unpaired) electrons. The lowest BCUT2D eigenvalue weighted by Gasteiger charge is -2.22. The highest BCUT2D eigenvalue weighted by molar-refractivity contribution is 5.79. The van der Waals surface area contributed by atoms with Gasteiger partial charge in [0.05, 0.1) is 21.7 Å². The summed E-state index contributed by atoms with van der Waals surface area (Å²) in [5.41, 5.74) is 5.10. The van der Waals surface area contributed by atoms with E-state index in [2.05, 4.69) is 19.9 Å². The Bertz CT molecular complexity index is 1950. The van der Waals surface area contributed by atoms with Gasteiger partial charge in [0.15, 0.2) is 11.5 Å². The molecule has 342 valence electrons. The average molecular weight is 861 g/mol. The summed E-state index contributed by atoms with van der Waals surface area (Å²) in [5.74, 6) is -2.62. The summed E-state index contributed by atoms with van der Waals surface area (Å²) in [6, 6.07) is 3.81. The topological polar surface area (TPSA) is 199 Å². The van der Waals surface area contributed by atoms with Crippen LogP contribution in [-0.4, -0.2) is 54.5 Å². The van der Waals surface area contributed by atoms with Crippen molar-refractivity contribution in [3.63, 3.8) is 0 Å². The van der Waals surface area contributed by atoms with Crippen LogP contribution < -0.4 is 4.74 Å². The summed E-state index contributed by atoms with van der Waals surface area (Å²) < 4.78 is 6.80. The number of hydrogen-bond acceptors (Lipinski definition) is 7. The van der Waals surface area contributed by atoms with Crippen molar-refractivity contribution in [1.29, 1.82) is 0 Å². The fraction of sp³-hybridized carbons (Fsp3) is 0.686. The van der Waals surface area contributed by atoms with Crippen LogP contribution in [-0.2, 0) is 51.5 Å². The Morgan fingerprint density at radius 3 is 1.24 bits per heavy atom. The minimum absolute atomic E-state index is 0.192. The summed E-state index contributed by atoms with van der Waals surface area (Å²) in [6.07, 6.45) is 21.7. The molecule has 0 aromatic heterocycles. The van der Waals surface area contributed by atoms with Crippen molar-refractivity contribution >= 4 is 23.9 Å². The maximum Gasteiger partial charge on any atom is 0.309 e. The van der Waals surface area contributed by atoms with E-state index in [1.54, 1.807) is 6.07 Å². The number of hydrogen-bond donors (Lipinski definition) is 6. The van der Waals surface area contributed by atoms with Crippen molar-refractivity contribution in [2.45, 2.75) is 200 Å². The molecule has 11 heteroatoms. The first kappa shape index (κ1) is 47.2. The molecular weight excluding hydrogens is 789 g/mol. The monoisotopic (exact) mass is 861 g/mol. The number of unbranched alkanes of at least 4 members (excludes halogenated alkanes) is 8. The molecule has 0 bridgehead atoms. The van der Waals surface area contributed by atoms with Crippen LogP contribution in [0.1, 0.15) is 193 Å². The van der Waals surface area contributed by atoms with E-state index in [0.717, 1.165) is 145 Å². The summed E-state index contributed by atoms with van der Waals surface area (Å²) in [6.45, 7) is 4.57. The van der Waals surface area contributed by atoms with Crippen molar-refractivity contribution in [3.8, 4) is 17.2 Å². The number of rotatable bonds is 31. The van der Waals surface area contributed by atoms with Crippen LogP contribution in [0.25, 0.3) is 0 Å². The predicted molar refractivity (Wildman–Crippen MR) is 236 cm³/mol. The van der Waals surface area contributed by atoms with Crippen LogP contribution in [0, 0.1) is 35.5 Å². The lowest BCUT2D eigenvalue weighted by Crippen LogP contribution is -2.14. The fourth-order valence-corrected chi connectivity index (χ4v) is 10.1. The number of phenolic OH excluding ortho intramolecular Hbond substituents is 2. The number of aromatic hydroxyl groups is 2. The van der Waals surface area contributed by atoms with Crippen LogP contribution in [0.2, 0.25) is 0 Å². The molecule has 0 unspecified atom stereocenters. The standard InChI is InChI=1S/C51H72O11/c1-34-36(15-9-13-21-50(27-28-50)46(58)59)31-38(35(2)39(34)17-7-3-5-11-19-48(23-24-48)44(54)55)33-62-43-37(16-10-14-22-51(29-30-51)47(60)61)32-41(52)42(53)40(43)18-8-4-6-12-20-49(25-26-49)45(56)57/h31-32,52-53H,3-30,33H2,1-2H3,(H,54,55)(H,56,57)(H,58,59)(H,60,61). The minimum atomic E-state index is -0.733. The molecule has 4 fully saturated rings. The zero-order valence-corrected chi connectivity index (χ0v) is 37.4. The molecule has 0 saturated heterocycles. The first-order chi connectivity index (χ1) is 29.6. The van der Waals surface area contributed by atoms with E-state index < -0.39 is 45.5 Å². The summed E-state index contributed by atoms with van der Waals surface area (Å²) in [7, 11) is 0. The molecule has 0 amide bonds. The van der Waals surface area contributed by atoms with Gasteiger partial charge in [-0.25, -0.2) is 0 Å². The SMILES string of the molecule is Cc1c(CCCCC2(C(=O)O)CC2)cc(COc2c(CCCCC3(C(=O)O)CC3)cc(O)c(O)c2CCCCCCC2(C(=O)O)CC2)c(C)c1CCCCCCC1(C(=O)O)CC1. The Morgan fingerprint density at radius 1 is 0.468 bits per heavy atom. The quantitative estimate of drug-likeness (QED) is 0.0311. The van der Waals surface area contributed by atoms with E-state index in [-0.39, 0.29) is 18.1 Å². The maximum atomic E-state index is 11.8. The van der Waals surface area contributed by atoms with Crippen molar-refractivity contribution in [3.05, 3.63) is 51.1 Å². The lowest BCUT2D eigenvalue weighted by atomic mass is 9.87. The Balaban J connectivity index is 1.17. The van der Waals surface area contributed by atoms with Gasteiger partial charge in [0.2, 0.25) is 0 Å². The number of ether oxygens (including phenoxy) is 1. The second kappa shape index (κ2) is 20.0. The maximum absolute atomic E-state index is 11.8. The molecule has 62 heavy (non-hydrogen) atoms. The first-order valence-corrected chi connectivity index (χ1v) is 23.8. The van der Waals surface area contributed by atoms with Crippen LogP contribution in [0.15, 0.2) is 12.1 Å². The molecular formula is C51H72O11. The molecule has 6 rings (SSSR count). The number of carbonyl (C=O) groups is 4. The van der Waals surface area contributed by atoms with Gasteiger partial charge in [-0.2, -0.15) is 0 Å². The lowest BCUT2D eigenvalue weighted by molar-refractivity contribution is -0.144. The van der Waals surface area contributed by atoms with Crippen LogP contribution in [0.4, 0.5) is 0 Å². The highest BCUT2D eigenvalue weighted by Gasteiger charge is 2.51. The molecule has 2 aromatic rings. The minimum Gasteiger partial charge on any atom is -0.504 e. The normalized spacial score (nSPS) is 18.2. The first-order valence-electron chi connectivity index (χ1n) is 23.8. The Hall–Kier alpha value is -4.28. The highest BCUT2D eigenvalue weighted by Crippen LogP contribution is 2.53. The van der Waals surface area contributed by atoms with Crippen molar-refractivity contribution in [1.82, 2.24) is 0 Å². The Kier molecular flexibility index (Phi) is 15.3. The zero-order chi connectivity index (χ0) is 44.7. The smallest absolute Gasteiger partial charge is 0.309 e. The molecule has 6 N–H and O–H groups in total. The van der Waals surface area contributed by atoms with Gasteiger partial charge in [0.1, 0.15) is 12.4 Å². The number of phenols is 2. The molecule has 0 atom stereocenters. The van der Waals surface area contributed by atoms with Gasteiger partial charge in [0.25, 0.3) is 0 Å². The van der Waals surface area contributed by atoms with Crippen LogP contribution >= 0.6 is 0 Å². The number of aryl methyl sites for hydroxylation is 2. The second-order valence-corrected chi connectivity index (χ2v) is 20.0. The third-order valence-corrected chi connectivity index (χ3v) is 15.6. The van der Waals surface area contributed by atoms with Gasteiger partial charge >= 0.3 is 23.9 Å². The van der Waals surface area contributed by atoms with E-state index in [4.69, 9.17) is 4.74 Å². The van der Waals surface area contributed by atoms with Gasteiger partial charge < -0.3 is 35.4 Å². The molecule has 4 saturated carbocycles. The largest absolute Gasteiger partial charge is 0.504 e. The third-order valence-electron chi connectivity index (χ3n) is 15.6. The molecule has 0 heterocycles. The number of carboxylic acids is 4. The van der Waals surface area contributed by atoms with E-state index in [0.29, 0.717) is 62.7 Å². The molecule has 4 aliphatic rings. The van der Waals surface area contributed by atoms with E-state index >= 15 is 0 Å². The van der Waals surface area contributed by atoms with Gasteiger partial charge in [-0.1, -0.05) is 57.4 Å². The van der Waals surface area contributed by atoms with Crippen molar-refractivity contribution in [2.75, 3.05) is 0 Å². The molecule has 4 aliphatic carbocycles. The molecule has 0 spiro atoms. The second-order valence-electron chi connectivity index (χ2n) is 20.0. The number of carboxylic acid groups (broad SMARTS) is 4. The zero-order valence-electron chi connectivity index (χ0n) is 37.4.